The first-order valence-corrected chi connectivity index (χ1v) is 8.82. The van der Waals surface area contributed by atoms with Crippen LogP contribution in [0.1, 0.15) is 32.4 Å². The van der Waals surface area contributed by atoms with Crippen LogP contribution in [0.15, 0.2) is 12.4 Å². The Balaban J connectivity index is 2.39. The molecule has 0 saturated carbocycles. The molecular weight excluding hydrogens is 276 g/mol. The van der Waals surface area contributed by atoms with E-state index in [0.717, 1.165) is 30.8 Å². The number of aryl methyl sites for hydroxylation is 1. The highest BCUT2D eigenvalue weighted by atomic mass is 32.2. The second kappa shape index (κ2) is 8.16. The van der Waals surface area contributed by atoms with Gasteiger partial charge in [0.25, 0.3) is 0 Å². The number of nitrogens with one attached hydrogen (secondary N) is 1. The molecule has 0 saturated heterocycles. The van der Waals surface area contributed by atoms with Crippen molar-refractivity contribution in [1.29, 1.82) is 0 Å². The fourth-order valence-electron chi connectivity index (χ4n) is 1.92. The van der Waals surface area contributed by atoms with Gasteiger partial charge in [-0.15, -0.1) is 0 Å². The van der Waals surface area contributed by atoms with Crippen molar-refractivity contribution in [2.45, 2.75) is 33.1 Å². The van der Waals surface area contributed by atoms with Crippen LogP contribution in [0.5, 0.6) is 0 Å². The van der Waals surface area contributed by atoms with Crippen LogP contribution in [-0.4, -0.2) is 48.6 Å². The number of sulfonamides is 1. The molecule has 7 heteroatoms. The third-order valence-electron chi connectivity index (χ3n) is 2.94. The normalized spacial score (nSPS) is 11.8. The zero-order chi connectivity index (χ0) is 15.0. The SMILES string of the molecule is CCCc1cc(NCCCN(CC)S(C)(=O)=O)ncn1. The number of nitrogens with zero attached hydrogens (tertiary/aromatic N) is 3. The standard InChI is InChI=1S/C13H24N4O2S/c1-4-7-12-10-13(16-11-15-12)14-8-6-9-17(5-2)20(3,18)19/h10-11H,4-9H2,1-3H3,(H,14,15,16). The maximum absolute atomic E-state index is 11.4. The largest absolute Gasteiger partial charge is 0.370 e. The molecule has 0 atom stereocenters. The van der Waals surface area contributed by atoms with Gasteiger partial charge in [0.15, 0.2) is 0 Å². The van der Waals surface area contributed by atoms with Crippen molar-refractivity contribution in [3.63, 3.8) is 0 Å². The number of hydrogen-bond acceptors (Lipinski definition) is 5. The van der Waals surface area contributed by atoms with Crippen molar-refractivity contribution in [1.82, 2.24) is 14.3 Å². The van der Waals surface area contributed by atoms with Crippen LogP contribution in [0.3, 0.4) is 0 Å². The average molecular weight is 300 g/mol. The summed E-state index contributed by atoms with van der Waals surface area (Å²) in [6.07, 6.45) is 5.53. The van der Waals surface area contributed by atoms with Gasteiger partial charge in [-0.25, -0.2) is 22.7 Å². The predicted octanol–water partition coefficient (Wildman–Crippen LogP) is 1.51. The highest BCUT2D eigenvalue weighted by Gasteiger charge is 2.12. The Morgan fingerprint density at radius 3 is 2.65 bits per heavy atom. The van der Waals surface area contributed by atoms with E-state index in [2.05, 4.69) is 22.2 Å². The number of hydrogen-bond donors (Lipinski definition) is 1. The van der Waals surface area contributed by atoms with E-state index >= 15 is 0 Å². The van der Waals surface area contributed by atoms with E-state index in [0.29, 0.717) is 19.6 Å². The Morgan fingerprint density at radius 2 is 2.05 bits per heavy atom. The van der Waals surface area contributed by atoms with Crippen LogP contribution in [0.4, 0.5) is 5.82 Å². The van der Waals surface area contributed by atoms with Crippen LogP contribution in [0.25, 0.3) is 0 Å². The molecule has 0 amide bonds. The molecule has 1 heterocycles. The Bertz CT molecular complexity index is 505. The molecule has 0 unspecified atom stereocenters. The predicted molar refractivity (Wildman–Crippen MR) is 81.2 cm³/mol. The van der Waals surface area contributed by atoms with Gasteiger partial charge in [-0.2, -0.15) is 0 Å². The fourth-order valence-corrected chi connectivity index (χ4v) is 2.85. The van der Waals surface area contributed by atoms with Gasteiger partial charge in [-0.05, 0) is 12.8 Å². The molecule has 20 heavy (non-hydrogen) atoms. The number of anilines is 1. The second-order valence-electron chi connectivity index (χ2n) is 4.68. The third kappa shape index (κ3) is 5.83. The molecule has 6 nitrogen and oxygen atoms in total. The molecule has 0 bridgehead atoms. The first-order chi connectivity index (χ1) is 9.47. The second-order valence-corrected chi connectivity index (χ2v) is 6.66. The Morgan fingerprint density at radius 1 is 1.30 bits per heavy atom. The first kappa shape index (κ1) is 16.8. The summed E-state index contributed by atoms with van der Waals surface area (Å²) >= 11 is 0. The van der Waals surface area contributed by atoms with E-state index in [4.69, 9.17) is 0 Å². The summed E-state index contributed by atoms with van der Waals surface area (Å²) in [6.45, 7) is 5.67. The highest BCUT2D eigenvalue weighted by Crippen LogP contribution is 2.06. The van der Waals surface area contributed by atoms with E-state index in [1.54, 1.807) is 6.33 Å². The van der Waals surface area contributed by atoms with E-state index in [9.17, 15) is 8.42 Å². The molecule has 0 aliphatic heterocycles. The lowest BCUT2D eigenvalue weighted by atomic mass is 10.2. The van der Waals surface area contributed by atoms with Gasteiger partial charge < -0.3 is 5.32 Å². The quantitative estimate of drug-likeness (QED) is 0.700. The fraction of sp³-hybridized carbons (Fsp3) is 0.692. The summed E-state index contributed by atoms with van der Waals surface area (Å²) in [6, 6.07) is 1.94. The monoisotopic (exact) mass is 300 g/mol. The molecule has 0 spiro atoms. The maximum atomic E-state index is 11.4. The number of aromatic nitrogens is 2. The van der Waals surface area contributed by atoms with Crippen LogP contribution < -0.4 is 5.32 Å². The summed E-state index contributed by atoms with van der Waals surface area (Å²) in [7, 11) is -3.09. The van der Waals surface area contributed by atoms with Crippen LogP contribution in [0.2, 0.25) is 0 Å². The van der Waals surface area contributed by atoms with E-state index < -0.39 is 10.0 Å². The summed E-state index contributed by atoms with van der Waals surface area (Å²) in [4.78, 5) is 8.35. The molecule has 0 radical (unpaired) electrons. The number of rotatable bonds is 9. The topological polar surface area (TPSA) is 75.2 Å². The van der Waals surface area contributed by atoms with Crippen LogP contribution in [0, 0.1) is 0 Å². The summed E-state index contributed by atoms with van der Waals surface area (Å²) in [5.41, 5.74) is 1.02. The lowest BCUT2D eigenvalue weighted by Crippen LogP contribution is -2.31. The average Bonchev–Trinajstić information content (AvgIpc) is 2.38. The zero-order valence-electron chi connectivity index (χ0n) is 12.5. The molecule has 1 aromatic heterocycles. The van der Waals surface area contributed by atoms with Crippen molar-refractivity contribution in [3.05, 3.63) is 18.1 Å². The lowest BCUT2D eigenvalue weighted by molar-refractivity contribution is 0.428. The van der Waals surface area contributed by atoms with Crippen molar-refractivity contribution in [2.24, 2.45) is 0 Å². The first-order valence-electron chi connectivity index (χ1n) is 6.97. The van der Waals surface area contributed by atoms with Gasteiger partial charge in [-0.3, -0.25) is 0 Å². The molecule has 1 aromatic rings. The van der Waals surface area contributed by atoms with Crippen molar-refractivity contribution >= 4 is 15.8 Å². The van der Waals surface area contributed by atoms with E-state index in [1.165, 1.54) is 10.6 Å². The minimum absolute atomic E-state index is 0.507. The van der Waals surface area contributed by atoms with Crippen LogP contribution >= 0.6 is 0 Å². The molecule has 0 aliphatic rings. The summed E-state index contributed by atoms with van der Waals surface area (Å²) in [5, 5.41) is 3.20. The van der Waals surface area contributed by atoms with Gasteiger partial charge in [0.1, 0.15) is 12.1 Å². The molecular formula is C13H24N4O2S. The van der Waals surface area contributed by atoms with Crippen LogP contribution in [-0.2, 0) is 16.4 Å². The third-order valence-corrected chi connectivity index (χ3v) is 4.32. The molecule has 1 N–H and O–H groups in total. The molecule has 0 aromatic carbocycles. The van der Waals surface area contributed by atoms with Gasteiger partial charge in [0.2, 0.25) is 10.0 Å². The van der Waals surface area contributed by atoms with E-state index in [1.807, 2.05) is 13.0 Å². The van der Waals surface area contributed by atoms with Crippen molar-refractivity contribution < 1.29 is 8.42 Å². The maximum Gasteiger partial charge on any atom is 0.211 e. The summed E-state index contributed by atoms with van der Waals surface area (Å²) < 4.78 is 24.3. The molecule has 1 rings (SSSR count). The molecule has 0 fully saturated rings. The molecule has 114 valence electrons. The molecule has 0 aliphatic carbocycles. The summed E-state index contributed by atoms with van der Waals surface area (Å²) in [5.74, 6) is 0.797. The Labute approximate surface area is 121 Å². The Kier molecular flexibility index (Phi) is 6.87. The minimum Gasteiger partial charge on any atom is -0.370 e. The van der Waals surface area contributed by atoms with E-state index in [-0.39, 0.29) is 0 Å². The smallest absolute Gasteiger partial charge is 0.211 e. The van der Waals surface area contributed by atoms with Gasteiger partial charge >= 0.3 is 0 Å². The minimum atomic E-state index is -3.09. The lowest BCUT2D eigenvalue weighted by Gasteiger charge is -2.17. The van der Waals surface area contributed by atoms with Gasteiger partial charge in [-0.1, -0.05) is 20.3 Å². The zero-order valence-corrected chi connectivity index (χ0v) is 13.3. The van der Waals surface area contributed by atoms with Crippen molar-refractivity contribution in [2.75, 3.05) is 31.2 Å². The van der Waals surface area contributed by atoms with Gasteiger partial charge in [0, 0.05) is 31.4 Å². The Hall–Kier alpha value is -1.21. The van der Waals surface area contributed by atoms with Gasteiger partial charge in [0.05, 0.1) is 6.26 Å². The van der Waals surface area contributed by atoms with Crippen molar-refractivity contribution in [3.8, 4) is 0 Å². The highest BCUT2D eigenvalue weighted by molar-refractivity contribution is 7.88.